The largest absolute Gasteiger partial charge is 0.303 e. The lowest BCUT2D eigenvalue weighted by Crippen LogP contribution is -2.32. The number of rotatable bonds is 1. The first-order valence-electron chi connectivity index (χ1n) is 5.48. The van der Waals surface area contributed by atoms with Crippen LogP contribution < -0.4 is 0 Å². The zero-order valence-electron chi connectivity index (χ0n) is 8.42. The van der Waals surface area contributed by atoms with Crippen LogP contribution in [0, 0.1) is 17.8 Å². The van der Waals surface area contributed by atoms with Gasteiger partial charge in [0.2, 0.25) is 0 Å². The van der Waals surface area contributed by atoms with Gasteiger partial charge in [0.15, 0.2) is 0 Å². The van der Waals surface area contributed by atoms with Crippen LogP contribution in [0.5, 0.6) is 0 Å². The molecule has 1 atom stereocenters. The maximum Gasteiger partial charge on any atom is 0.00122 e. The lowest BCUT2D eigenvalue weighted by Gasteiger charge is -2.26. The highest BCUT2D eigenvalue weighted by Crippen LogP contribution is 2.33. The van der Waals surface area contributed by atoms with Crippen LogP contribution in [0.15, 0.2) is 0 Å². The van der Waals surface area contributed by atoms with Gasteiger partial charge in [0.05, 0.1) is 0 Å². The summed E-state index contributed by atoms with van der Waals surface area (Å²) in [7, 11) is 0. The Morgan fingerprint density at radius 2 is 1.83 bits per heavy atom. The van der Waals surface area contributed by atoms with E-state index in [4.69, 9.17) is 0 Å². The topological polar surface area (TPSA) is 3.24 Å². The normalized spacial score (nSPS) is 41.8. The van der Waals surface area contributed by atoms with Crippen molar-refractivity contribution >= 4 is 0 Å². The number of fused-ring (bicyclic) bond motifs is 4. The molecule has 0 saturated carbocycles. The number of hydrogen-bond acceptors (Lipinski definition) is 1. The Kier molecular flexibility index (Phi) is 2.40. The van der Waals surface area contributed by atoms with Crippen molar-refractivity contribution in [3.8, 4) is 0 Å². The number of hydrogen-bond donors (Lipinski definition) is 0. The first-order chi connectivity index (χ1) is 5.75. The van der Waals surface area contributed by atoms with Crippen LogP contribution in [-0.2, 0) is 0 Å². The van der Waals surface area contributed by atoms with Crippen LogP contribution in [0.25, 0.3) is 0 Å². The van der Waals surface area contributed by atoms with Gasteiger partial charge < -0.3 is 4.90 Å². The molecule has 0 aromatic carbocycles. The van der Waals surface area contributed by atoms with Gasteiger partial charge in [0.25, 0.3) is 0 Å². The van der Waals surface area contributed by atoms with Crippen LogP contribution in [0.3, 0.4) is 0 Å². The van der Waals surface area contributed by atoms with E-state index >= 15 is 0 Å². The maximum atomic E-state index is 2.67. The standard InChI is InChI=1S/C11H21N/c1-9(2)11-7-10-3-5-12(8-11)6-4-10/h9-11H,3-8H2,1-2H3. The van der Waals surface area contributed by atoms with Gasteiger partial charge >= 0.3 is 0 Å². The van der Waals surface area contributed by atoms with Crippen molar-refractivity contribution in [1.29, 1.82) is 0 Å². The summed E-state index contributed by atoms with van der Waals surface area (Å²) < 4.78 is 0. The molecule has 3 rings (SSSR count). The highest BCUT2D eigenvalue weighted by atomic mass is 15.1. The molecule has 0 aromatic heterocycles. The lowest BCUT2D eigenvalue weighted by atomic mass is 9.85. The van der Waals surface area contributed by atoms with E-state index in [2.05, 4.69) is 18.7 Å². The highest BCUT2D eigenvalue weighted by molar-refractivity contribution is 4.83. The van der Waals surface area contributed by atoms with Gasteiger partial charge in [-0.3, -0.25) is 0 Å². The first kappa shape index (κ1) is 8.55. The average molecular weight is 167 g/mol. The Hall–Kier alpha value is -0.0400. The van der Waals surface area contributed by atoms with Crippen LogP contribution in [-0.4, -0.2) is 24.5 Å². The zero-order chi connectivity index (χ0) is 8.55. The molecule has 0 aliphatic carbocycles. The zero-order valence-corrected chi connectivity index (χ0v) is 8.42. The Labute approximate surface area is 76.1 Å². The number of nitrogens with zero attached hydrogens (tertiary/aromatic N) is 1. The molecule has 2 bridgehead atoms. The Bertz CT molecular complexity index is 131. The molecule has 3 aliphatic rings. The molecule has 0 N–H and O–H groups in total. The van der Waals surface area contributed by atoms with Crippen molar-refractivity contribution in [1.82, 2.24) is 4.90 Å². The molecule has 1 unspecified atom stereocenters. The van der Waals surface area contributed by atoms with Crippen LogP contribution in [0.2, 0.25) is 0 Å². The molecule has 0 aromatic rings. The molecule has 3 aliphatic heterocycles. The lowest BCUT2D eigenvalue weighted by molar-refractivity contribution is 0.210. The van der Waals surface area contributed by atoms with Crippen LogP contribution >= 0.6 is 0 Å². The molecule has 3 heterocycles. The van der Waals surface area contributed by atoms with E-state index in [0.29, 0.717) is 0 Å². The van der Waals surface area contributed by atoms with E-state index in [0.717, 1.165) is 17.8 Å². The minimum atomic E-state index is 0.895. The fourth-order valence-corrected chi connectivity index (χ4v) is 2.72. The smallest absolute Gasteiger partial charge is 0.00122 e. The van der Waals surface area contributed by atoms with E-state index in [1.165, 1.54) is 38.9 Å². The summed E-state index contributed by atoms with van der Waals surface area (Å²) in [5.74, 6) is 2.95. The summed E-state index contributed by atoms with van der Waals surface area (Å²) in [5.41, 5.74) is 0. The van der Waals surface area contributed by atoms with Crippen molar-refractivity contribution in [2.45, 2.75) is 33.1 Å². The third-order valence-corrected chi connectivity index (χ3v) is 3.78. The van der Waals surface area contributed by atoms with Crippen molar-refractivity contribution in [2.24, 2.45) is 17.8 Å². The van der Waals surface area contributed by atoms with E-state index in [1.807, 2.05) is 0 Å². The van der Waals surface area contributed by atoms with E-state index < -0.39 is 0 Å². The van der Waals surface area contributed by atoms with E-state index in [9.17, 15) is 0 Å². The van der Waals surface area contributed by atoms with Gasteiger partial charge in [-0.05, 0) is 50.1 Å². The Morgan fingerprint density at radius 1 is 1.17 bits per heavy atom. The second-order valence-corrected chi connectivity index (χ2v) is 4.98. The van der Waals surface area contributed by atoms with Crippen molar-refractivity contribution in [3.63, 3.8) is 0 Å². The average Bonchev–Trinajstić information content (AvgIpc) is 2.36. The molecule has 3 saturated heterocycles. The van der Waals surface area contributed by atoms with Gasteiger partial charge in [-0.15, -0.1) is 0 Å². The Morgan fingerprint density at radius 3 is 2.42 bits per heavy atom. The predicted octanol–water partition coefficient (Wildman–Crippen LogP) is 2.37. The van der Waals surface area contributed by atoms with Crippen molar-refractivity contribution in [2.75, 3.05) is 19.6 Å². The SMILES string of the molecule is CC(C)C1CC2CCN(CC2)C1. The van der Waals surface area contributed by atoms with Gasteiger partial charge in [-0.2, -0.15) is 0 Å². The maximum absolute atomic E-state index is 2.67. The predicted molar refractivity (Wildman–Crippen MR) is 52.1 cm³/mol. The van der Waals surface area contributed by atoms with Crippen LogP contribution in [0.4, 0.5) is 0 Å². The summed E-state index contributed by atoms with van der Waals surface area (Å²) >= 11 is 0. The molecule has 0 spiro atoms. The van der Waals surface area contributed by atoms with Gasteiger partial charge in [0, 0.05) is 6.54 Å². The molecule has 3 fully saturated rings. The third-order valence-electron chi connectivity index (χ3n) is 3.78. The van der Waals surface area contributed by atoms with Crippen LogP contribution in [0.1, 0.15) is 33.1 Å². The van der Waals surface area contributed by atoms with Gasteiger partial charge in [0.1, 0.15) is 0 Å². The molecular weight excluding hydrogens is 146 g/mol. The third kappa shape index (κ3) is 1.66. The highest BCUT2D eigenvalue weighted by Gasteiger charge is 2.30. The monoisotopic (exact) mass is 167 g/mol. The molecule has 1 nitrogen and oxygen atoms in total. The molecule has 0 amide bonds. The fourth-order valence-electron chi connectivity index (χ4n) is 2.72. The quantitative estimate of drug-likeness (QED) is 0.579. The fraction of sp³-hybridized carbons (Fsp3) is 1.00. The summed E-state index contributed by atoms with van der Waals surface area (Å²) in [6.07, 6.45) is 4.46. The molecular formula is C11H21N. The first-order valence-corrected chi connectivity index (χ1v) is 5.48. The summed E-state index contributed by atoms with van der Waals surface area (Å²) in [6, 6.07) is 0. The minimum absolute atomic E-state index is 0.895. The van der Waals surface area contributed by atoms with E-state index in [-0.39, 0.29) is 0 Å². The summed E-state index contributed by atoms with van der Waals surface area (Å²) in [5, 5.41) is 0. The minimum Gasteiger partial charge on any atom is -0.303 e. The Balaban J connectivity index is 2.02. The van der Waals surface area contributed by atoms with Gasteiger partial charge in [-0.25, -0.2) is 0 Å². The summed E-state index contributed by atoms with van der Waals surface area (Å²) in [4.78, 5) is 2.67. The molecule has 1 heteroatoms. The van der Waals surface area contributed by atoms with Crippen molar-refractivity contribution < 1.29 is 0 Å². The van der Waals surface area contributed by atoms with Gasteiger partial charge in [-0.1, -0.05) is 13.8 Å². The summed E-state index contributed by atoms with van der Waals surface area (Å²) in [6.45, 7) is 8.92. The molecule has 70 valence electrons. The number of piperidine rings is 1. The van der Waals surface area contributed by atoms with Crippen molar-refractivity contribution in [3.05, 3.63) is 0 Å². The second kappa shape index (κ2) is 3.37. The second-order valence-electron chi connectivity index (χ2n) is 4.98. The molecule has 0 radical (unpaired) electrons. The molecule has 12 heavy (non-hydrogen) atoms. The van der Waals surface area contributed by atoms with E-state index in [1.54, 1.807) is 0 Å².